The van der Waals surface area contributed by atoms with Crippen LogP contribution in [0.15, 0.2) is 0 Å². The van der Waals surface area contributed by atoms with Crippen LogP contribution in [0.2, 0.25) is 0 Å². The molecule has 0 spiro atoms. The van der Waals surface area contributed by atoms with Crippen LogP contribution in [-0.2, 0) is 27.3 Å². The molecule has 9 heteroatoms. The van der Waals surface area contributed by atoms with E-state index in [4.69, 9.17) is 22.9 Å². The van der Waals surface area contributed by atoms with Gasteiger partial charge in [0.2, 0.25) is 0 Å². The Balaban J connectivity index is -0.0000000480. The first-order chi connectivity index (χ1) is 6.83. The van der Waals surface area contributed by atoms with Crippen LogP contribution in [0.1, 0.15) is 0 Å². The maximum absolute atomic E-state index is 5.17. The molecule has 0 aromatic carbocycles. The number of hydrogen-bond donors (Lipinski definition) is 6. The molecule has 0 aliphatic heterocycles. The van der Waals surface area contributed by atoms with Gasteiger partial charge in [-0.15, -0.1) is 48.0 Å². The molecule has 0 heterocycles. The third-order valence-corrected chi connectivity index (χ3v) is 1.28. The van der Waals surface area contributed by atoms with Crippen LogP contribution in [0.5, 0.6) is 0 Å². The summed E-state index contributed by atoms with van der Waals surface area (Å²) in [7, 11) is 0. The van der Waals surface area contributed by atoms with Gasteiger partial charge in [-0.3, -0.25) is 0 Å². The summed E-state index contributed by atoms with van der Waals surface area (Å²) in [6.07, 6.45) is 0. The number of nitrogens with one attached hydrogen (secondary N) is 2. The van der Waals surface area contributed by atoms with Crippen molar-refractivity contribution in [3.63, 3.8) is 0 Å². The maximum atomic E-state index is 5.17. The van der Waals surface area contributed by atoms with Gasteiger partial charge in [0.25, 0.3) is 0 Å². The second-order valence-corrected chi connectivity index (χ2v) is 2.65. The Morgan fingerprint density at radius 3 is 0.824 bits per heavy atom. The zero-order valence-corrected chi connectivity index (χ0v) is 19.2. The Kier molecular flexibility index (Phi) is 67.0. The van der Waals surface area contributed by atoms with Gasteiger partial charge >= 0.3 is 0 Å². The van der Waals surface area contributed by atoms with E-state index in [0.29, 0.717) is 26.2 Å². The Bertz CT molecular complexity index is 76.4. The van der Waals surface area contributed by atoms with Crippen LogP contribution in [0.3, 0.4) is 0 Å². The predicted octanol–water partition coefficient (Wildman–Crippen LogP) is -1.78. The molecule has 0 unspecified atom stereocenters. The molecule has 0 aliphatic rings. The zero-order chi connectivity index (χ0) is 11.1. The molecule has 0 aromatic heterocycles. The largest absolute Gasteiger partial charge is 0.329 e. The van der Waals surface area contributed by atoms with Crippen LogP contribution in [0, 0.1) is 0 Å². The van der Waals surface area contributed by atoms with Gasteiger partial charge in [-0.2, -0.15) is 0 Å². The van der Waals surface area contributed by atoms with E-state index in [1.54, 1.807) is 0 Å². The fourth-order valence-electron chi connectivity index (χ4n) is 0.658. The minimum atomic E-state index is 0. The van der Waals surface area contributed by atoms with Crippen LogP contribution in [0.25, 0.3) is 0 Å². The van der Waals surface area contributed by atoms with Crippen LogP contribution in [0.4, 0.5) is 0 Å². The fourth-order valence-corrected chi connectivity index (χ4v) is 0.658. The molecule has 0 bridgehead atoms. The summed E-state index contributed by atoms with van der Waals surface area (Å²) in [5.41, 5.74) is 20.7. The molecular weight excluding hydrogens is 546 g/mol. The van der Waals surface area contributed by atoms with E-state index in [0.717, 1.165) is 26.2 Å². The fraction of sp³-hybridized carbons (Fsp3) is 1.00. The van der Waals surface area contributed by atoms with Crippen molar-refractivity contribution in [2.45, 2.75) is 0 Å². The molecule has 10 N–H and O–H groups in total. The van der Waals surface area contributed by atoms with Gasteiger partial charge in [0.15, 0.2) is 0 Å². The van der Waals surface area contributed by atoms with Crippen LogP contribution < -0.4 is 33.6 Å². The van der Waals surface area contributed by atoms with E-state index < -0.39 is 0 Å². The van der Waals surface area contributed by atoms with Gasteiger partial charge in [0.1, 0.15) is 0 Å². The van der Waals surface area contributed by atoms with E-state index in [1.807, 2.05) is 0 Å². The summed E-state index contributed by atoms with van der Waals surface area (Å²) in [5.74, 6) is 0. The van der Waals surface area contributed by atoms with Gasteiger partial charge in [-0.1, -0.05) is 0 Å². The normalized spacial score (nSPS) is 7.76. The molecular formula is C8H28CdI2N6. The molecule has 0 aromatic rings. The smallest absolute Gasteiger partial charge is 0.00750 e. The van der Waals surface area contributed by atoms with Crippen LogP contribution >= 0.6 is 48.0 Å². The Hall–Kier alpha value is 2.14. The number of rotatable bonds is 8. The average molecular weight is 575 g/mol. The quantitative estimate of drug-likeness (QED) is 0.116. The van der Waals surface area contributed by atoms with Crippen molar-refractivity contribution in [3.05, 3.63) is 0 Å². The summed E-state index contributed by atoms with van der Waals surface area (Å²) >= 11 is 0. The number of hydrogen-bond acceptors (Lipinski definition) is 6. The summed E-state index contributed by atoms with van der Waals surface area (Å²) in [6, 6.07) is 0. The molecule has 106 valence electrons. The van der Waals surface area contributed by atoms with Crippen molar-refractivity contribution in [3.8, 4) is 0 Å². The predicted molar refractivity (Wildman–Crippen MR) is 92.8 cm³/mol. The van der Waals surface area contributed by atoms with Gasteiger partial charge in [0.05, 0.1) is 0 Å². The van der Waals surface area contributed by atoms with E-state index in [2.05, 4.69) is 10.6 Å². The average Bonchev–Trinajstić information content (AvgIpc) is 2.21. The Labute approximate surface area is 159 Å². The first kappa shape index (κ1) is 31.5. The second-order valence-electron chi connectivity index (χ2n) is 2.65. The van der Waals surface area contributed by atoms with Crippen molar-refractivity contribution >= 4 is 48.0 Å². The maximum Gasteiger partial charge on any atom is 0.00750 e. The minimum Gasteiger partial charge on any atom is -0.329 e. The summed E-state index contributed by atoms with van der Waals surface area (Å²) in [6.45, 7) is 6.27. The molecule has 0 amide bonds. The van der Waals surface area contributed by atoms with Crippen molar-refractivity contribution in [1.29, 1.82) is 0 Å². The summed E-state index contributed by atoms with van der Waals surface area (Å²) < 4.78 is 0. The summed E-state index contributed by atoms with van der Waals surface area (Å²) in [4.78, 5) is 0. The van der Waals surface area contributed by atoms with E-state index in [9.17, 15) is 0 Å². The van der Waals surface area contributed by atoms with Crippen molar-refractivity contribution in [1.82, 2.24) is 10.6 Å². The Morgan fingerprint density at radius 1 is 0.529 bits per heavy atom. The minimum absolute atomic E-state index is 0. The van der Waals surface area contributed by atoms with Crippen molar-refractivity contribution in [2.24, 2.45) is 22.9 Å². The van der Waals surface area contributed by atoms with E-state index in [1.165, 1.54) is 0 Å². The SMILES string of the molecule is I.I.NCCNCCN.NCCNCCN.[Cd]. The van der Waals surface area contributed by atoms with Gasteiger partial charge < -0.3 is 33.6 Å². The molecule has 0 atom stereocenters. The molecule has 0 rings (SSSR count). The first-order valence-electron chi connectivity index (χ1n) is 5.05. The van der Waals surface area contributed by atoms with Gasteiger partial charge in [-0.25, -0.2) is 0 Å². The molecule has 0 fully saturated rings. The van der Waals surface area contributed by atoms with E-state index in [-0.39, 0.29) is 75.3 Å². The third kappa shape index (κ3) is 46.0. The standard InChI is InChI=1S/2C4H13N3.Cd.2HI/c2*5-1-3-7-4-2-6;;;/h2*7H,1-6H2;;2*1H. The first-order valence-corrected chi connectivity index (χ1v) is 5.05. The molecule has 0 saturated heterocycles. The third-order valence-electron chi connectivity index (χ3n) is 1.28. The van der Waals surface area contributed by atoms with E-state index >= 15 is 0 Å². The molecule has 6 nitrogen and oxygen atoms in total. The second kappa shape index (κ2) is 36.2. The van der Waals surface area contributed by atoms with Crippen molar-refractivity contribution in [2.75, 3.05) is 52.4 Å². The number of nitrogens with two attached hydrogens (primary N) is 4. The summed E-state index contributed by atoms with van der Waals surface area (Å²) in [5, 5.41) is 6.07. The molecule has 0 aliphatic carbocycles. The number of halogens is 2. The van der Waals surface area contributed by atoms with Crippen LogP contribution in [-0.4, -0.2) is 52.4 Å². The van der Waals surface area contributed by atoms with Gasteiger partial charge in [-0.05, 0) is 0 Å². The molecule has 0 radical (unpaired) electrons. The zero-order valence-electron chi connectivity index (χ0n) is 10.5. The van der Waals surface area contributed by atoms with Crippen molar-refractivity contribution < 1.29 is 27.3 Å². The monoisotopic (exact) mass is 576 g/mol. The molecule has 0 saturated carbocycles. The Morgan fingerprint density at radius 2 is 0.706 bits per heavy atom. The topological polar surface area (TPSA) is 128 Å². The van der Waals surface area contributed by atoms with Gasteiger partial charge in [0, 0.05) is 79.7 Å². The molecule has 17 heavy (non-hydrogen) atoms.